The molecule has 0 fully saturated rings. The fraction of sp³-hybridized carbons (Fsp3) is 0.647. The maximum atomic E-state index is 13.1. The number of rotatable bonds is 7. The molecule has 0 saturated carbocycles. The van der Waals surface area contributed by atoms with E-state index in [1.54, 1.807) is 38.1 Å². The molecule has 21 heavy (non-hydrogen) atoms. The molecule has 0 spiro atoms. The van der Waals surface area contributed by atoms with E-state index in [0.717, 1.165) is 0 Å². The highest BCUT2D eigenvalue weighted by Crippen LogP contribution is 2.40. The van der Waals surface area contributed by atoms with Crippen LogP contribution in [0.15, 0.2) is 24.3 Å². The lowest BCUT2D eigenvalue weighted by atomic mass is 9.74. The van der Waals surface area contributed by atoms with Gasteiger partial charge in [-0.1, -0.05) is 46.8 Å². The second-order valence-electron chi connectivity index (χ2n) is 6.33. The first-order valence-corrected chi connectivity index (χ1v) is 7.43. The molecule has 0 aromatic heterocycles. The van der Waals surface area contributed by atoms with Crippen molar-refractivity contribution in [2.75, 3.05) is 6.61 Å². The Hall–Kier alpha value is -1.16. The maximum Gasteiger partial charge on any atom is 0.244 e. The van der Waals surface area contributed by atoms with Crippen LogP contribution in [-0.2, 0) is 5.60 Å². The van der Waals surface area contributed by atoms with Crippen LogP contribution in [0, 0.1) is 17.8 Å². The van der Waals surface area contributed by atoms with E-state index in [-0.39, 0.29) is 5.92 Å². The zero-order valence-corrected chi connectivity index (χ0v) is 13.4. The van der Waals surface area contributed by atoms with Gasteiger partial charge in [-0.3, -0.25) is 0 Å². The molecule has 0 aliphatic rings. The summed E-state index contributed by atoms with van der Waals surface area (Å²) in [7, 11) is 0. The van der Waals surface area contributed by atoms with Gasteiger partial charge in [-0.2, -0.15) is 0 Å². The van der Waals surface area contributed by atoms with E-state index in [1.807, 2.05) is 0 Å². The number of aliphatic hydroxyl groups is 1. The quantitative estimate of drug-likeness (QED) is 0.805. The molecule has 1 N–H and O–H groups in total. The molecule has 1 rings (SSSR count). The average molecular weight is 300 g/mol. The minimum Gasteiger partial charge on any atom is -0.493 e. The Bertz CT molecular complexity index is 429. The summed E-state index contributed by atoms with van der Waals surface area (Å²) in [4.78, 5) is 0. The van der Waals surface area contributed by atoms with Crippen LogP contribution in [-0.4, -0.2) is 18.1 Å². The SMILES string of the molecule is CC(C)COc1ccc(C(O)(C(C)C)C(C)C(F)F)cc1. The van der Waals surface area contributed by atoms with E-state index in [9.17, 15) is 13.9 Å². The largest absolute Gasteiger partial charge is 0.493 e. The van der Waals surface area contributed by atoms with E-state index in [2.05, 4.69) is 13.8 Å². The molecule has 0 aliphatic heterocycles. The van der Waals surface area contributed by atoms with Crippen molar-refractivity contribution < 1.29 is 18.6 Å². The van der Waals surface area contributed by atoms with E-state index in [1.165, 1.54) is 6.92 Å². The maximum absolute atomic E-state index is 13.1. The predicted octanol–water partition coefficient (Wildman–Crippen LogP) is 4.47. The van der Waals surface area contributed by atoms with Gasteiger partial charge in [0.1, 0.15) is 5.75 Å². The molecular weight excluding hydrogens is 274 g/mol. The van der Waals surface area contributed by atoms with Gasteiger partial charge in [0.25, 0.3) is 0 Å². The van der Waals surface area contributed by atoms with Gasteiger partial charge >= 0.3 is 0 Å². The van der Waals surface area contributed by atoms with Crippen LogP contribution < -0.4 is 4.74 Å². The predicted molar refractivity (Wildman–Crippen MR) is 80.7 cm³/mol. The van der Waals surface area contributed by atoms with E-state index < -0.39 is 17.9 Å². The second kappa shape index (κ2) is 7.21. The van der Waals surface area contributed by atoms with Crippen LogP contribution in [0.2, 0.25) is 0 Å². The van der Waals surface area contributed by atoms with Crippen molar-refractivity contribution in [3.63, 3.8) is 0 Å². The highest BCUT2D eigenvalue weighted by Gasteiger charge is 2.43. The van der Waals surface area contributed by atoms with Gasteiger partial charge in [0.05, 0.1) is 18.1 Å². The Morgan fingerprint density at radius 3 is 1.95 bits per heavy atom. The van der Waals surface area contributed by atoms with Crippen LogP contribution in [0.25, 0.3) is 0 Å². The molecule has 1 aromatic rings. The molecule has 2 atom stereocenters. The van der Waals surface area contributed by atoms with Gasteiger partial charge in [0, 0.05) is 0 Å². The first kappa shape index (κ1) is 17.9. The first-order chi connectivity index (χ1) is 9.69. The van der Waals surface area contributed by atoms with Gasteiger partial charge in [-0.15, -0.1) is 0 Å². The number of benzene rings is 1. The third kappa shape index (κ3) is 4.16. The summed E-state index contributed by atoms with van der Waals surface area (Å²) in [6.45, 7) is 9.59. The Labute approximate surface area is 126 Å². The van der Waals surface area contributed by atoms with Gasteiger partial charge < -0.3 is 9.84 Å². The minimum absolute atomic E-state index is 0.316. The number of hydrogen-bond acceptors (Lipinski definition) is 2. The van der Waals surface area contributed by atoms with Crippen LogP contribution in [0.5, 0.6) is 5.75 Å². The molecule has 0 amide bonds. The standard InChI is InChI=1S/C17H26F2O2/c1-11(2)10-21-15-8-6-14(7-9-15)17(20,12(3)4)13(5)16(18)19/h6-9,11-13,16,20H,10H2,1-5H3. The Morgan fingerprint density at radius 2 is 1.57 bits per heavy atom. The fourth-order valence-electron chi connectivity index (χ4n) is 2.40. The van der Waals surface area contributed by atoms with Crippen LogP contribution >= 0.6 is 0 Å². The van der Waals surface area contributed by atoms with Crippen molar-refractivity contribution in [2.45, 2.75) is 46.6 Å². The van der Waals surface area contributed by atoms with Crippen LogP contribution in [0.4, 0.5) is 8.78 Å². The smallest absolute Gasteiger partial charge is 0.244 e. The van der Waals surface area contributed by atoms with Gasteiger partial charge in [-0.25, -0.2) is 8.78 Å². The molecule has 0 bridgehead atoms. The molecule has 120 valence electrons. The van der Waals surface area contributed by atoms with Gasteiger partial charge in [0.2, 0.25) is 6.43 Å². The zero-order chi connectivity index (χ0) is 16.2. The molecule has 1 aromatic carbocycles. The summed E-state index contributed by atoms with van der Waals surface area (Å²) in [6.07, 6.45) is -2.57. The summed E-state index contributed by atoms with van der Waals surface area (Å²) in [6, 6.07) is 6.80. The van der Waals surface area contributed by atoms with Gasteiger partial charge in [0.15, 0.2) is 0 Å². The zero-order valence-electron chi connectivity index (χ0n) is 13.4. The van der Waals surface area contributed by atoms with Crippen molar-refractivity contribution in [1.82, 2.24) is 0 Å². The monoisotopic (exact) mass is 300 g/mol. The van der Waals surface area contributed by atoms with E-state index in [4.69, 9.17) is 4.74 Å². The van der Waals surface area contributed by atoms with Crippen LogP contribution in [0.3, 0.4) is 0 Å². The molecule has 2 unspecified atom stereocenters. The molecular formula is C17H26F2O2. The topological polar surface area (TPSA) is 29.5 Å². The minimum atomic E-state index is -2.57. The molecule has 0 radical (unpaired) electrons. The molecule has 2 nitrogen and oxygen atoms in total. The second-order valence-corrected chi connectivity index (χ2v) is 6.33. The Kier molecular flexibility index (Phi) is 6.14. The number of hydrogen-bond donors (Lipinski definition) is 1. The van der Waals surface area contributed by atoms with E-state index in [0.29, 0.717) is 23.8 Å². The van der Waals surface area contributed by atoms with Crippen molar-refractivity contribution >= 4 is 0 Å². The van der Waals surface area contributed by atoms with Crippen molar-refractivity contribution in [3.8, 4) is 5.75 Å². The highest BCUT2D eigenvalue weighted by molar-refractivity contribution is 5.32. The molecule has 0 saturated heterocycles. The van der Waals surface area contributed by atoms with Crippen LogP contribution in [0.1, 0.15) is 40.2 Å². The molecule has 0 aliphatic carbocycles. The molecule has 0 heterocycles. The molecule has 4 heteroatoms. The summed E-state index contributed by atoms with van der Waals surface area (Å²) in [5, 5.41) is 10.8. The number of ether oxygens (including phenoxy) is 1. The van der Waals surface area contributed by atoms with Gasteiger partial charge in [-0.05, 0) is 29.5 Å². The summed E-state index contributed by atoms with van der Waals surface area (Å²) in [5.74, 6) is -0.358. The lowest BCUT2D eigenvalue weighted by Crippen LogP contribution is -2.42. The third-order valence-electron chi connectivity index (χ3n) is 3.85. The third-order valence-corrected chi connectivity index (χ3v) is 3.85. The summed E-state index contributed by atoms with van der Waals surface area (Å²) >= 11 is 0. The highest BCUT2D eigenvalue weighted by atomic mass is 19.3. The van der Waals surface area contributed by atoms with Crippen molar-refractivity contribution in [1.29, 1.82) is 0 Å². The first-order valence-electron chi connectivity index (χ1n) is 7.43. The summed E-state index contributed by atoms with van der Waals surface area (Å²) in [5.41, 5.74) is -1.05. The van der Waals surface area contributed by atoms with Crippen molar-refractivity contribution in [3.05, 3.63) is 29.8 Å². The number of alkyl halides is 2. The van der Waals surface area contributed by atoms with E-state index >= 15 is 0 Å². The normalized spacial score (nSPS) is 16.3. The van der Waals surface area contributed by atoms with Crippen molar-refractivity contribution in [2.24, 2.45) is 17.8 Å². The lowest BCUT2D eigenvalue weighted by Gasteiger charge is -2.38. The summed E-state index contributed by atoms with van der Waals surface area (Å²) < 4.78 is 31.7. The Balaban J connectivity index is 3.00. The Morgan fingerprint density at radius 1 is 1.05 bits per heavy atom. The lowest BCUT2D eigenvalue weighted by molar-refractivity contribution is -0.112. The average Bonchev–Trinajstić information content (AvgIpc) is 2.43. The fourth-order valence-corrected chi connectivity index (χ4v) is 2.40. The number of halogens is 2.